The van der Waals surface area contributed by atoms with Gasteiger partial charge in [0.05, 0.1) is 28.9 Å². The Morgan fingerprint density at radius 3 is 2.24 bits per heavy atom. The summed E-state index contributed by atoms with van der Waals surface area (Å²) in [6, 6.07) is 11.0. The molecular weight excluding hydrogens is 547 g/mol. The summed E-state index contributed by atoms with van der Waals surface area (Å²) in [5, 5.41) is 9.33. The highest BCUT2D eigenvalue weighted by Crippen LogP contribution is 2.43. The molecule has 0 N–H and O–H groups in total. The Morgan fingerprint density at radius 1 is 1.02 bits per heavy atom. The van der Waals surface area contributed by atoms with Crippen LogP contribution < -0.4 is 4.90 Å². The molecule has 2 aromatic carbocycles. The van der Waals surface area contributed by atoms with E-state index in [0.717, 1.165) is 36.3 Å². The summed E-state index contributed by atoms with van der Waals surface area (Å²) in [5.74, 6) is -1.27. The third-order valence-corrected chi connectivity index (χ3v) is 7.50. The lowest BCUT2D eigenvalue weighted by molar-refractivity contribution is -0.156. The maximum Gasteiger partial charge on any atom is 0.416 e. The number of hydrogen-bond donors (Lipinski definition) is 0. The van der Waals surface area contributed by atoms with E-state index in [1.54, 1.807) is 52.0 Å². The Hall–Kier alpha value is -4.13. The van der Waals surface area contributed by atoms with Gasteiger partial charge >= 0.3 is 18.2 Å². The maximum absolute atomic E-state index is 14.3. The van der Waals surface area contributed by atoms with E-state index in [2.05, 4.69) is 0 Å². The van der Waals surface area contributed by atoms with Gasteiger partial charge in [-0.15, -0.1) is 0 Å². The number of ketones is 1. The first-order valence-electron chi connectivity index (χ1n) is 14.0. The van der Waals surface area contributed by atoms with E-state index < -0.39 is 41.9 Å². The number of anilines is 1. The second-order valence-electron chi connectivity index (χ2n) is 11.7. The molecule has 1 atom stereocenters. The molecule has 222 valence electrons. The number of rotatable bonds is 6. The highest BCUT2D eigenvalue weighted by atomic mass is 19.4. The largest absolute Gasteiger partial charge is 0.459 e. The van der Waals surface area contributed by atoms with Crippen LogP contribution in [-0.4, -0.2) is 34.8 Å². The first-order valence-corrected chi connectivity index (χ1v) is 14.0. The number of carbonyl (C=O) groups excluding carboxylic acids is 3. The average Bonchev–Trinajstić information content (AvgIpc) is 2.93. The fourth-order valence-corrected chi connectivity index (χ4v) is 5.64. The number of Topliss-reactive ketones (excluding diaryl/α,β-unsaturated/α-hetero) is 1. The van der Waals surface area contributed by atoms with Gasteiger partial charge in [0.15, 0.2) is 5.78 Å². The molecule has 42 heavy (non-hydrogen) atoms. The van der Waals surface area contributed by atoms with Crippen molar-refractivity contribution in [3.63, 3.8) is 0 Å². The predicted molar refractivity (Wildman–Crippen MR) is 150 cm³/mol. The minimum absolute atomic E-state index is 0.0752. The second-order valence-corrected chi connectivity index (χ2v) is 11.7. The Balaban J connectivity index is 1.94. The highest BCUT2D eigenvalue weighted by molar-refractivity contribution is 6.07. The van der Waals surface area contributed by atoms with Gasteiger partial charge in [-0.05, 0) is 76.4 Å². The van der Waals surface area contributed by atoms with Gasteiger partial charge in [-0.2, -0.15) is 18.4 Å². The molecular formula is C32H34F3N3O4. The minimum atomic E-state index is -4.66. The quantitative estimate of drug-likeness (QED) is 0.333. The SMILES string of the molecule is CC1=C(C(=O)C2CCCCC2)C(c2ccc(C#N)cc2)N(CC(=O)OC(C)(C)C)C(=O)N1c1cccc(C(F)(F)F)c1. The van der Waals surface area contributed by atoms with Gasteiger partial charge in [-0.3, -0.25) is 14.5 Å². The van der Waals surface area contributed by atoms with Crippen LogP contribution in [0.2, 0.25) is 0 Å². The van der Waals surface area contributed by atoms with Crippen LogP contribution in [0.4, 0.5) is 23.7 Å². The van der Waals surface area contributed by atoms with Crippen LogP contribution >= 0.6 is 0 Å². The van der Waals surface area contributed by atoms with E-state index in [1.807, 2.05) is 6.07 Å². The van der Waals surface area contributed by atoms with E-state index in [0.29, 0.717) is 24.0 Å². The van der Waals surface area contributed by atoms with Gasteiger partial charge in [-0.1, -0.05) is 37.5 Å². The fourth-order valence-electron chi connectivity index (χ4n) is 5.64. The first kappa shape index (κ1) is 30.8. The molecule has 1 fully saturated rings. The average molecular weight is 582 g/mol. The van der Waals surface area contributed by atoms with E-state index >= 15 is 0 Å². The van der Waals surface area contributed by atoms with Gasteiger partial charge < -0.3 is 9.64 Å². The Kier molecular flexibility index (Phi) is 8.81. The number of urea groups is 1. The van der Waals surface area contributed by atoms with Crippen molar-refractivity contribution in [2.45, 2.75) is 77.6 Å². The molecule has 2 aliphatic rings. The molecule has 0 spiro atoms. The molecule has 1 heterocycles. The molecule has 2 aromatic rings. The topological polar surface area (TPSA) is 90.7 Å². The van der Waals surface area contributed by atoms with Crippen molar-refractivity contribution < 1.29 is 32.3 Å². The molecule has 7 nitrogen and oxygen atoms in total. The number of carbonyl (C=O) groups is 3. The van der Waals surface area contributed by atoms with Gasteiger partial charge in [-0.25, -0.2) is 4.79 Å². The van der Waals surface area contributed by atoms with E-state index in [-0.39, 0.29) is 28.7 Å². The number of ether oxygens (including phenoxy) is 1. The number of hydrogen-bond acceptors (Lipinski definition) is 5. The fraction of sp³-hybridized carbons (Fsp3) is 0.438. The highest BCUT2D eigenvalue weighted by Gasteiger charge is 2.45. The number of allylic oxidation sites excluding steroid dienone is 1. The minimum Gasteiger partial charge on any atom is -0.459 e. The summed E-state index contributed by atoms with van der Waals surface area (Å²) < 4.78 is 46.5. The lowest BCUT2D eigenvalue weighted by Gasteiger charge is -2.44. The molecule has 1 saturated carbocycles. The number of nitrogens with zero attached hydrogens (tertiary/aromatic N) is 3. The van der Waals surface area contributed by atoms with Crippen molar-refractivity contribution in [1.29, 1.82) is 5.26 Å². The maximum atomic E-state index is 14.3. The first-order chi connectivity index (χ1) is 19.7. The number of halogens is 3. The molecule has 1 aliphatic heterocycles. The lowest BCUT2D eigenvalue weighted by Crippen LogP contribution is -2.53. The van der Waals surface area contributed by atoms with Crippen LogP contribution in [0.3, 0.4) is 0 Å². The molecule has 0 aromatic heterocycles. The van der Waals surface area contributed by atoms with E-state index in [4.69, 9.17) is 4.74 Å². The smallest absolute Gasteiger partial charge is 0.416 e. The summed E-state index contributed by atoms with van der Waals surface area (Å²) in [7, 11) is 0. The van der Waals surface area contributed by atoms with Crippen LogP contribution in [0.15, 0.2) is 59.8 Å². The van der Waals surface area contributed by atoms with Crippen molar-refractivity contribution in [3.8, 4) is 6.07 Å². The molecule has 10 heteroatoms. The van der Waals surface area contributed by atoms with E-state index in [9.17, 15) is 32.8 Å². The molecule has 0 radical (unpaired) electrons. The van der Waals surface area contributed by atoms with Crippen molar-refractivity contribution >= 4 is 23.5 Å². The van der Waals surface area contributed by atoms with Crippen LogP contribution in [0.1, 0.15) is 82.5 Å². The zero-order valence-electron chi connectivity index (χ0n) is 24.1. The number of alkyl halides is 3. The third kappa shape index (κ3) is 6.67. The van der Waals surface area contributed by atoms with Gasteiger partial charge in [0.1, 0.15) is 12.1 Å². The standard InChI is InChI=1S/C32H34F3N3O4/c1-20-27(29(40)23-9-6-5-7-10-23)28(22-15-13-21(18-36)14-16-22)37(19-26(39)42-31(2,3)4)30(41)38(20)25-12-8-11-24(17-25)32(33,34)35/h8,11-17,23,28H,5-7,9-10,19H2,1-4H3. The number of benzene rings is 2. The van der Waals surface area contributed by atoms with Crippen molar-refractivity contribution in [2.75, 3.05) is 11.4 Å². The molecule has 4 rings (SSSR count). The molecule has 0 saturated heterocycles. The Bertz CT molecular complexity index is 1430. The predicted octanol–water partition coefficient (Wildman–Crippen LogP) is 7.33. The summed E-state index contributed by atoms with van der Waals surface area (Å²) >= 11 is 0. The number of amides is 2. The monoisotopic (exact) mass is 581 g/mol. The van der Waals surface area contributed by atoms with Crippen LogP contribution in [0.5, 0.6) is 0 Å². The van der Waals surface area contributed by atoms with Crippen LogP contribution in [-0.2, 0) is 20.5 Å². The molecule has 1 unspecified atom stereocenters. The summed E-state index contributed by atoms with van der Waals surface area (Å²) in [5.41, 5.74) is -0.606. The zero-order chi connectivity index (χ0) is 30.8. The lowest BCUT2D eigenvalue weighted by atomic mass is 9.79. The molecule has 2 amide bonds. The summed E-state index contributed by atoms with van der Waals surface area (Å²) in [4.78, 5) is 43.9. The number of esters is 1. The summed E-state index contributed by atoms with van der Waals surface area (Å²) in [6.45, 7) is 6.04. The zero-order valence-corrected chi connectivity index (χ0v) is 24.1. The summed E-state index contributed by atoms with van der Waals surface area (Å²) in [6.07, 6.45) is -0.627. The van der Waals surface area contributed by atoms with Crippen LogP contribution in [0, 0.1) is 17.2 Å². The second kappa shape index (κ2) is 12.0. The van der Waals surface area contributed by atoms with Crippen molar-refractivity contribution in [2.24, 2.45) is 5.92 Å². The van der Waals surface area contributed by atoms with Gasteiger partial charge in [0.2, 0.25) is 0 Å². The van der Waals surface area contributed by atoms with Crippen molar-refractivity contribution in [3.05, 3.63) is 76.5 Å². The molecule has 0 bridgehead atoms. The van der Waals surface area contributed by atoms with E-state index in [1.165, 1.54) is 17.0 Å². The molecule has 1 aliphatic carbocycles. The third-order valence-electron chi connectivity index (χ3n) is 7.50. The Labute approximate surface area is 243 Å². The number of nitriles is 1. The van der Waals surface area contributed by atoms with Gasteiger partial charge in [0, 0.05) is 17.2 Å². The van der Waals surface area contributed by atoms with Crippen LogP contribution in [0.25, 0.3) is 0 Å². The Morgan fingerprint density at radius 2 is 1.67 bits per heavy atom. The normalized spacial score (nSPS) is 18.6. The van der Waals surface area contributed by atoms with Crippen molar-refractivity contribution in [1.82, 2.24) is 4.90 Å². The van der Waals surface area contributed by atoms with Gasteiger partial charge in [0.25, 0.3) is 0 Å².